The summed E-state index contributed by atoms with van der Waals surface area (Å²) in [5, 5.41) is 0. The Balaban J connectivity index is 1.65. The molecular weight excluding hydrogens is 304 g/mol. The van der Waals surface area contributed by atoms with Crippen LogP contribution in [0.15, 0.2) is 24.5 Å². The van der Waals surface area contributed by atoms with Crippen molar-refractivity contribution >= 4 is 10.0 Å². The molecule has 1 aromatic rings. The van der Waals surface area contributed by atoms with Gasteiger partial charge in [0.2, 0.25) is 10.0 Å². The molecule has 122 valence electrons. The summed E-state index contributed by atoms with van der Waals surface area (Å²) in [7, 11) is -3.18. The number of pyridine rings is 1. The van der Waals surface area contributed by atoms with Crippen LogP contribution in [0.5, 0.6) is 0 Å². The number of hydrogen-bond donors (Lipinski definition) is 0. The van der Waals surface area contributed by atoms with Gasteiger partial charge in [-0.05, 0) is 31.4 Å². The number of morpholine rings is 1. The van der Waals surface area contributed by atoms with Gasteiger partial charge in [0.05, 0.1) is 31.1 Å². The number of ether oxygens (including phenoxy) is 2. The van der Waals surface area contributed by atoms with Crippen LogP contribution >= 0.6 is 0 Å². The van der Waals surface area contributed by atoms with Crippen molar-refractivity contribution < 1.29 is 17.9 Å². The smallest absolute Gasteiger partial charge is 0.214 e. The van der Waals surface area contributed by atoms with Gasteiger partial charge in [-0.15, -0.1) is 0 Å². The van der Waals surface area contributed by atoms with E-state index in [2.05, 4.69) is 4.98 Å². The second-order valence-corrected chi connectivity index (χ2v) is 7.91. The molecule has 1 aliphatic heterocycles. The first-order chi connectivity index (χ1) is 10.6. The van der Waals surface area contributed by atoms with E-state index in [4.69, 9.17) is 9.47 Å². The van der Waals surface area contributed by atoms with Crippen LogP contribution in [0.4, 0.5) is 0 Å². The molecule has 0 aromatic carbocycles. The third kappa shape index (κ3) is 3.17. The predicted molar refractivity (Wildman–Crippen MR) is 81.7 cm³/mol. The molecule has 0 spiro atoms. The molecule has 0 amide bonds. The minimum absolute atomic E-state index is 0.0555. The first-order valence-electron chi connectivity index (χ1n) is 7.73. The Labute approximate surface area is 131 Å². The molecule has 1 saturated carbocycles. The summed E-state index contributed by atoms with van der Waals surface area (Å²) < 4.78 is 37.8. The van der Waals surface area contributed by atoms with Crippen molar-refractivity contribution in [1.82, 2.24) is 9.29 Å². The standard InChI is InChI=1S/C15H22N2O4S/c1-2-22(18,19)17-8-9-20-15-13(17)5-6-14(15)21-11-12-4-3-7-16-10-12/h3-4,7,10,13-15H,2,5-6,8-9,11H2,1H3/t13-,14-,15+/m0/s1. The lowest BCUT2D eigenvalue weighted by molar-refractivity contribution is -0.100. The molecule has 0 unspecified atom stereocenters. The number of aromatic nitrogens is 1. The summed E-state index contributed by atoms with van der Waals surface area (Å²) in [4.78, 5) is 4.07. The highest BCUT2D eigenvalue weighted by Gasteiger charge is 2.46. The van der Waals surface area contributed by atoms with E-state index < -0.39 is 10.0 Å². The maximum atomic E-state index is 12.2. The van der Waals surface area contributed by atoms with E-state index in [0.29, 0.717) is 19.8 Å². The third-order valence-electron chi connectivity index (χ3n) is 4.39. The monoisotopic (exact) mass is 326 g/mol. The van der Waals surface area contributed by atoms with Crippen LogP contribution in [0.3, 0.4) is 0 Å². The van der Waals surface area contributed by atoms with E-state index in [1.165, 1.54) is 0 Å². The van der Waals surface area contributed by atoms with Crippen LogP contribution in [0.2, 0.25) is 0 Å². The first-order valence-corrected chi connectivity index (χ1v) is 9.34. The van der Waals surface area contributed by atoms with Gasteiger partial charge in [0.1, 0.15) is 6.10 Å². The summed E-state index contributed by atoms with van der Waals surface area (Å²) in [6.07, 6.45) is 4.91. The van der Waals surface area contributed by atoms with Crippen molar-refractivity contribution in [3.8, 4) is 0 Å². The Kier molecular flexibility index (Phi) is 4.77. The number of nitrogens with zero attached hydrogens (tertiary/aromatic N) is 2. The van der Waals surface area contributed by atoms with Gasteiger partial charge in [-0.2, -0.15) is 4.31 Å². The molecular formula is C15H22N2O4S. The van der Waals surface area contributed by atoms with Gasteiger partial charge in [-0.25, -0.2) is 8.42 Å². The van der Waals surface area contributed by atoms with Gasteiger partial charge in [-0.3, -0.25) is 4.98 Å². The lowest BCUT2D eigenvalue weighted by atomic mass is 10.1. The maximum Gasteiger partial charge on any atom is 0.214 e. The fraction of sp³-hybridized carbons (Fsp3) is 0.667. The van der Waals surface area contributed by atoms with E-state index in [0.717, 1.165) is 18.4 Å². The van der Waals surface area contributed by atoms with Crippen LogP contribution < -0.4 is 0 Å². The number of sulfonamides is 1. The second kappa shape index (κ2) is 6.62. The number of hydrogen-bond acceptors (Lipinski definition) is 5. The van der Waals surface area contributed by atoms with Crippen LogP contribution in [0, 0.1) is 0 Å². The normalized spacial score (nSPS) is 29.4. The van der Waals surface area contributed by atoms with E-state index in [-0.39, 0.29) is 24.0 Å². The average Bonchev–Trinajstić information content (AvgIpc) is 2.97. The fourth-order valence-corrected chi connectivity index (χ4v) is 4.58. The lowest BCUT2D eigenvalue weighted by Gasteiger charge is -2.37. The summed E-state index contributed by atoms with van der Waals surface area (Å²) in [6.45, 7) is 3.05. The van der Waals surface area contributed by atoms with Crippen molar-refractivity contribution in [3.63, 3.8) is 0 Å². The fourth-order valence-electron chi connectivity index (χ4n) is 3.26. The Morgan fingerprint density at radius 1 is 1.45 bits per heavy atom. The van der Waals surface area contributed by atoms with E-state index in [1.807, 2.05) is 12.1 Å². The molecule has 7 heteroatoms. The molecule has 3 atom stereocenters. The zero-order valence-electron chi connectivity index (χ0n) is 12.7. The summed E-state index contributed by atoms with van der Waals surface area (Å²) in [5.41, 5.74) is 1.01. The van der Waals surface area contributed by atoms with E-state index in [1.54, 1.807) is 23.6 Å². The zero-order chi connectivity index (χ0) is 15.6. The molecule has 1 aromatic heterocycles. The molecule has 6 nitrogen and oxygen atoms in total. The molecule has 2 fully saturated rings. The molecule has 0 bridgehead atoms. The Morgan fingerprint density at radius 2 is 2.32 bits per heavy atom. The number of rotatable bonds is 5. The highest BCUT2D eigenvalue weighted by atomic mass is 32.2. The Hall–Kier alpha value is -1.02. The molecule has 0 radical (unpaired) electrons. The van der Waals surface area contributed by atoms with Gasteiger partial charge in [0.15, 0.2) is 0 Å². The highest BCUT2D eigenvalue weighted by Crippen LogP contribution is 2.34. The molecule has 2 aliphatic rings. The molecule has 1 saturated heterocycles. The minimum Gasteiger partial charge on any atom is -0.372 e. The van der Waals surface area contributed by atoms with Crippen LogP contribution in [-0.4, -0.2) is 54.9 Å². The SMILES string of the molecule is CCS(=O)(=O)N1CCO[C@H]2[C@@H](OCc3cccnc3)CC[C@@H]21. The van der Waals surface area contributed by atoms with Crippen LogP contribution in [-0.2, 0) is 26.1 Å². The minimum atomic E-state index is -3.18. The van der Waals surface area contributed by atoms with Crippen molar-refractivity contribution in [1.29, 1.82) is 0 Å². The molecule has 3 rings (SSSR count). The van der Waals surface area contributed by atoms with Gasteiger partial charge in [-0.1, -0.05) is 6.07 Å². The van der Waals surface area contributed by atoms with Crippen LogP contribution in [0.25, 0.3) is 0 Å². The topological polar surface area (TPSA) is 68.7 Å². The summed E-state index contributed by atoms with van der Waals surface area (Å²) in [5.74, 6) is 0.136. The van der Waals surface area contributed by atoms with E-state index >= 15 is 0 Å². The van der Waals surface area contributed by atoms with Crippen molar-refractivity contribution in [2.75, 3.05) is 18.9 Å². The van der Waals surface area contributed by atoms with E-state index in [9.17, 15) is 8.42 Å². The molecule has 2 heterocycles. The highest BCUT2D eigenvalue weighted by molar-refractivity contribution is 7.89. The van der Waals surface area contributed by atoms with Gasteiger partial charge in [0.25, 0.3) is 0 Å². The summed E-state index contributed by atoms with van der Waals surface area (Å²) in [6, 6.07) is 3.76. The quantitative estimate of drug-likeness (QED) is 0.813. The largest absolute Gasteiger partial charge is 0.372 e. The van der Waals surface area contributed by atoms with Gasteiger partial charge in [0, 0.05) is 18.9 Å². The number of fused-ring (bicyclic) bond motifs is 1. The van der Waals surface area contributed by atoms with Crippen molar-refractivity contribution in [3.05, 3.63) is 30.1 Å². The average molecular weight is 326 g/mol. The van der Waals surface area contributed by atoms with Crippen molar-refractivity contribution in [2.24, 2.45) is 0 Å². The third-order valence-corrected chi connectivity index (χ3v) is 6.29. The predicted octanol–water partition coefficient (Wildman–Crippen LogP) is 1.18. The first kappa shape index (κ1) is 15.9. The Bertz CT molecular complexity index is 593. The Morgan fingerprint density at radius 3 is 3.05 bits per heavy atom. The maximum absolute atomic E-state index is 12.2. The van der Waals surface area contributed by atoms with Gasteiger partial charge >= 0.3 is 0 Å². The lowest BCUT2D eigenvalue weighted by Crippen LogP contribution is -2.54. The molecule has 22 heavy (non-hydrogen) atoms. The van der Waals surface area contributed by atoms with Crippen LogP contribution in [0.1, 0.15) is 25.3 Å². The van der Waals surface area contributed by atoms with Crippen molar-refractivity contribution in [2.45, 2.75) is 44.6 Å². The summed E-state index contributed by atoms with van der Waals surface area (Å²) >= 11 is 0. The second-order valence-electron chi connectivity index (χ2n) is 5.70. The van der Waals surface area contributed by atoms with Gasteiger partial charge < -0.3 is 9.47 Å². The molecule has 0 N–H and O–H groups in total. The zero-order valence-corrected chi connectivity index (χ0v) is 13.5. The molecule has 1 aliphatic carbocycles.